The summed E-state index contributed by atoms with van der Waals surface area (Å²) in [6.45, 7) is 0. The SMILES string of the molecule is OOC(CCc1ccccc1)OO. The molecule has 0 heterocycles. The third-order valence-electron chi connectivity index (χ3n) is 1.75. The van der Waals surface area contributed by atoms with Crippen molar-refractivity contribution in [3.8, 4) is 0 Å². The highest BCUT2D eigenvalue weighted by atomic mass is 17.2. The first-order chi connectivity index (χ1) is 6.36. The van der Waals surface area contributed by atoms with Gasteiger partial charge in [-0.15, -0.1) is 0 Å². The summed E-state index contributed by atoms with van der Waals surface area (Å²) in [6.07, 6.45) is 0.101. The van der Waals surface area contributed by atoms with E-state index >= 15 is 0 Å². The predicted molar refractivity (Wildman–Crippen MR) is 46.0 cm³/mol. The number of aryl methyl sites for hydroxylation is 1. The lowest BCUT2D eigenvalue weighted by Crippen LogP contribution is -2.14. The van der Waals surface area contributed by atoms with Gasteiger partial charge in [-0.3, -0.25) is 0 Å². The summed E-state index contributed by atoms with van der Waals surface area (Å²) >= 11 is 0. The van der Waals surface area contributed by atoms with E-state index in [9.17, 15) is 0 Å². The van der Waals surface area contributed by atoms with Gasteiger partial charge in [-0.1, -0.05) is 30.3 Å². The Hall–Kier alpha value is -0.940. The van der Waals surface area contributed by atoms with Gasteiger partial charge in [-0.25, -0.2) is 20.3 Å². The molecular weight excluding hydrogens is 172 g/mol. The summed E-state index contributed by atoms with van der Waals surface area (Å²) in [6, 6.07) is 9.66. The molecule has 0 radical (unpaired) electrons. The molecule has 1 aromatic carbocycles. The monoisotopic (exact) mass is 184 g/mol. The van der Waals surface area contributed by atoms with Gasteiger partial charge in [0.1, 0.15) is 0 Å². The Morgan fingerprint density at radius 1 is 1.08 bits per heavy atom. The highest BCUT2D eigenvalue weighted by Crippen LogP contribution is 2.06. The van der Waals surface area contributed by atoms with Crippen LogP contribution in [0.15, 0.2) is 30.3 Å². The molecule has 2 N–H and O–H groups in total. The quantitative estimate of drug-likeness (QED) is 0.417. The van der Waals surface area contributed by atoms with Gasteiger partial charge in [0.15, 0.2) is 0 Å². The van der Waals surface area contributed by atoms with E-state index in [1.807, 2.05) is 30.3 Å². The van der Waals surface area contributed by atoms with Crippen LogP contribution >= 0.6 is 0 Å². The minimum atomic E-state index is -0.972. The lowest BCUT2D eigenvalue weighted by atomic mass is 10.1. The third kappa shape index (κ3) is 3.52. The second-order valence-corrected chi connectivity index (χ2v) is 2.66. The van der Waals surface area contributed by atoms with Crippen LogP contribution in [0.25, 0.3) is 0 Å². The molecule has 13 heavy (non-hydrogen) atoms. The fourth-order valence-corrected chi connectivity index (χ4v) is 1.05. The van der Waals surface area contributed by atoms with Gasteiger partial charge < -0.3 is 0 Å². The van der Waals surface area contributed by atoms with Crippen molar-refractivity contribution in [2.75, 3.05) is 0 Å². The molecule has 0 unspecified atom stereocenters. The van der Waals surface area contributed by atoms with Crippen molar-refractivity contribution in [2.45, 2.75) is 19.1 Å². The summed E-state index contributed by atoms with van der Waals surface area (Å²) in [4.78, 5) is 7.70. The molecule has 0 aliphatic carbocycles. The molecule has 0 aliphatic rings. The summed E-state index contributed by atoms with van der Waals surface area (Å²) in [7, 11) is 0. The molecule has 4 nitrogen and oxygen atoms in total. The number of hydrogen-bond donors (Lipinski definition) is 2. The largest absolute Gasteiger partial charge is 0.249 e. The molecule has 0 atom stereocenters. The molecule has 4 heteroatoms. The molecule has 1 rings (SSSR count). The van der Waals surface area contributed by atoms with Crippen LogP contribution < -0.4 is 0 Å². The summed E-state index contributed by atoms with van der Waals surface area (Å²) in [5, 5.41) is 16.4. The van der Waals surface area contributed by atoms with Crippen LogP contribution in [0.4, 0.5) is 0 Å². The van der Waals surface area contributed by atoms with Gasteiger partial charge in [0.25, 0.3) is 0 Å². The molecular formula is C9H12O4. The Labute approximate surface area is 76.2 Å². The molecule has 0 spiro atoms. The van der Waals surface area contributed by atoms with E-state index in [0.717, 1.165) is 5.56 Å². The van der Waals surface area contributed by atoms with Crippen molar-refractivity contribution in [1.29, 1.82) is 0 Å². The zero-order valence-corrected chi connectivity index (χ0v) is 7.09. The lowest BCUT2D eigenvalue weighted by Gasteiger charge is -2.08. The first-order valence-corrected chi connectivity index (χ1v) is 4.01. The zero-order chi connectivity index (χ0) is 9.52. The van der Waals surface area contributed by atoms with Gasteiger partial charge in [-0.05, 0) is 12.0 Å². The van der Waals surface area contributed by atoms with Gasteiger partial charge in [-0.2, -0.15) is 0 Å². The van der Waals surface area contributed by atoms with Crippen LogP contribution in [0.1, 0.15) is 12.0 Å². The Morgan fingerprint density at radius 3 is 2.23 bits per heavy atom. The fourth-order valence-electron chi connectivity index (χ4n) is 1.05. The van der Waals surface area contributed by atoms with Crippen LogP contribution in [0.2, 0.25) is 0 Å². The highest BCUT2D eigenvalue weighted by molar-refractivity contribution is 5.14. The fraction of sp³-hybridized carbons (Fsp3) is 0.333. The van der Waals surface area contributed by atoms with E-state index in [-0.39, 0.29) is 0 Å². The Kier molecular flexibility index (Phi) is 4.42. The van der Waals surface area contributed by atoms with Crippen molar-refractivity contribution in [3.05, 3.63) is 35.9 Å². The first kappa shape index (κ1) is 10.1. The van der Waals surface area contributed by atoms with Crippen molar-refractivity contribution < 1.29 is 20.3 Å². The van der Waals surface area contributed by atoms with E-state index in [4.69, 9.17) is 10.5 Å². The number of rotatable bonds is 5. The minimum absolute atomic E-state index is 0.400. The van der Waals surface area contributed by atoms with Gasteiger partial charge in [0.2, 0.25) is 6.29 Å². The van der Waals surface area contributed by atoms with Crippen molar-refractivity contribution in [1.82, 2.24) is 0 Å². The van der Waals surface area contributed by atoms with Gasteiger partial charge >= 0.3 is 0 Å². The van der Waals surface area contributed by atoms with E-state index < -0.39 is 6.29 Å². The molecule has 72 valence electrons. The zero-order valence-electron chi connectivity index (χ0n) is 7.09. The maximum Gasteiger partial charge on any atom is 0.224 e. The second kappa shape index (κ2) is 5.66. The lowest BCUT2D eigenvalue weighted by molar-refractivity contribution is -0.432. The van der Waals surface area contributed by atoms with Crippen molar-refractivity contribution in [3.63, 3.8) is 0 Å². The topological polar surface area (TPSA) is 58.9 Å². The highest BCUT2D eigenvalue weighted by Gasteiger charge is 2.08. The van der Waals surface area contributed by atoms with E-state index in [2.05, 4.69) is 9.78 Å². The Morgan fingerprint density at radius 2 is 1.69 bits per heavy atom. The standard InChI is InChI=1S/C9H12O4/c10-12-9(13-11)7-6-8-4-2-1-3-5-8/h1-5,9-11H,6-7H2. The number of benzene rings is 1. The van der Waals surface area contributed by atoms with Crippen LogP contribution in [0.5, 0.6) is 0 Å². The molecule has 0 aromatic heterocycles. The molecule has 1 aromatic rings. The minimum Gasteiger partial charge on any atom is -0.249 e. The predicted octanol–water partition coefficient (Wildman–Crippen LogP) is 1.92. The van der Waals surface area contributed by atoms with Crippen LogP contribution in [-0.2, 0) is 16.2 Å². The van der Waals surface area contributed by atoms with Crippen LogP contribution in [0.3, 0.4) is 0 Å². The van der Waals surface area contributed by atoms with Gasteiger partial charge in [0.05, 0.1) is 0 Å². The molecule has 0 saturated heterocycles. The molecule has 0 aliphatic heterocycles. The third-order valence-corrected chi connectivity index (χ3v) is 1.75. The maximum absolute atomic E-state index is 8.22. The molecule has 0 saturated carbocycles. The average Bonchev–Trinajstić information content (AvgIpc) is 2.21. The van der Waals surface area contributed by atoms with E-state index in [1.165, 1.54) is 0 Å². The van der Waals surface area contributed by atoms with Crippen LogP contribution in [-0.4, -0.2) is 16.8 Å². The number of hydrogen-bond acceptors (Lipinski definition) is 4. The van der Waals surface area contributed by atoms with Crippen molar-refractivity contribution >= 4 is 0 Å². The molecule has 0 bridgehead atoms. The van der Waals surface area contributed by atoms with E-state index in [1.54, 1.807) is 0 Å². The maximum atomic E-state index is 8.22. The first-order valence-electron chi connectivity index (χ1n) is 4.01. The molecule has 0 amide bonds. The van der Waals surface area contributed by atoms with E-state index in [0.29, 0.717) is 12.8 Å². The Bertz CT molecular complexity index is 220. The summed E-state index contributed by atoms with van der Waals surface area (Å²) < 4.78 is 0. The summed E-state index contributed by atoms with van der Waals surface area (Å²) in [5.74, 6) is 0. The summed E-state index contributed by atoms with van der Waals surface area (Å²) in [5.41, 5.74) is 1.10. The van der Waals surface area contributed by atoms with Gasteiger partial charge in [0, 0.05) is 6.42 Å². The van der Waals surface area contributed by atoms with Crippen molar-refractivity contribution in [2.24, 2.45) is 0 Å². The smallest absolute Gasteiger partial charge is 0.224 e. The second-order valence-electron chi connectivity index (χ2n) is 2.66. The van der Waals surface area contributed by atoms with Crippen LogP contribution in [0, 0.1) is 0 Å². The molecule has 0 fully saturated rings. The Balaban J connectivity index is 2.34. The normalized spacial score (nSPS) is 10.7. The average molecular weight is 184 g/mol.